The Balaban J connectivity index is 2.40. The van der Waals surface area contributed by atoms with Crippen molar-refractivity contribution in [1.29, 1.82) is 0 Å². The Bertz CT molecular complexity index is 664. The molecule has 2 aromatic carbocycles. The molecule has 0 saturated carbocycles. The molecule has 0 fully saturated rings. The Morgan fingerprint density at radius 1 is 0.684 bits per heavy atom. The zero-order valence-electron chi connectivity index (χ0n) is 9.43. The van der Waals surface area contributed by atoms with Crippen molar-refractivity contribution in [3.63, 3.8) is 0 Å². The molecule has 1 aliphatic carbocycles. The normalized spacial score (nSPS) is 18.6. The topological polar surface area (TPSA) is 0 Å². The van der Waals surface area contributed by atoms with E-state index in [1.54, 1.807) is 0 Å². The van der Waals surface area contributed by atoms with Gasteiger partial charge in [-0.1, -0.05) is 46.3 Å². The first kappa shape index (κ1) is 12.7. The first-order valence-electron chi connectivity index (χ1n) is 5.51. The molecule has 5 heteroatoms. The highest BCUT2D eigenvalue weighted by Crippen LogP contribution is 2.53. The van der Waals surface area contributed by atoms with Crippen LogP contribution in [0.4, 0.5) is 17.6 Å². The first-order valence-corrected chi connectivity index (χ1v) is 6.30. The lowest BCUT2D eigenvalue weighted by molar-refractivity contribution is -0.0115. The summed E-state index contributed by atoms with van der Waals surface area (Å²) in [6.07, 6.45) is 0. The molecule has 2 aromatic rings. The van der Waals surface area contributed by atoms with Crippen molar-refractivity contribution in [2.24, 2.45) is 0 Å². The minimum absolute atomic E-state index is 0.348. The van der Waals surface area contributed by atoms with E-state index in [0.29, 0.717) is 4.47 Å². The summed E-state index contributed by atoms with van der Waals surface area (Å²) in [7, 11) is 0. The quantitative estimate of drug-likeness (QED) is 0.593. The largest absolute Gasteiger partial charge is 0.299 e. The van der Waals surface area contributed by atoms with Gasteiger partial charge in [0.15, 0.2) is 0 Å². The number of rotatable bonds is 0. The number of fused-ring (bicyclic) bond motifs is 2. The molecule has 0 saturated heterocycles. The molecule has 0 nitrogen and oxygen atoms in total. The predicted molar refractivity (Wildman–Crippen MR) is 66.6 cm³/mol. The number of halogens is 5. The van der Waals surface area contributed by atoms with E-state index >= 15 is 0 Å². The second kappa shape index (κ2) is 3.82. The number of alkyl halides is 4. The summed E-state index contributed by atoms with van der Waals surface area (Å²) in [5.41, 5.74) is -2.55. The number of hydrogen-bond acceptors (Lipinski definition) is 0. The highest BCUT2D eigenvalue weighted by Gasteiger charge is 2.52. The molecule has 0 spiro atoms. The van der Waals surface area contributed by atoms with Crippen LogP contribution in [0, 0.1) is 0 Å². The van der Waals surface area contributed by atoms with E-state index in [9.17, 15) is 17.6 Å². The molecule has 1 aliphatic rings. The Morgan fingerprint density at radius 3 is 1.74 bits per heavy atom. The van der Waals surface area contributed by atoms with Crippen LogP contribution < -0.4 is 0 Å². The molecule has 0 atom stereocenters. The molecule has 0 N–H and O–H groups in total. The molecule has 3 rings (SSSR count). The van der Waals surface area contributed by atoms with E-state index in [4.69, 9.17) is 0 Å². The third-order valence-corrected chi connectivity index (χ3v) is 3.76. The minimum atomic E-state index is -3.42. The molecule has 0 radical (unpaired) electrons. The van der Waals surface area contributed by atoms with Gasteiger partial charge in [0.05, 0.1) is 0 Å². The third-order valence-electron chi connectivity index (χ3n) is 3.26. The molecule has 0 aromatic heterocycles. The van der Waals surface area contributed by atoms with Crippen LogP contribution in [0.15, 0.2) is 46.9 Å². The monoisotopic (exact) mass is 330 g/mol. The fourth-order valence-electron chi connectivity index (χ4n) is 2.37. The van der Waals surface area contributed by atoms with Crippen molar-refractivity contribution < 1.29 is 17.6 Å². The van der Waals surface area contributed by atoms with Gasteiger partial charge < -0.3 is 0 Å². The summed E-state index contributed by atoms with van der Waals surface area (Å²) in [6.45, 7) is 0. The summed E-state index contributed by atoms with van der Waals surface area (Å²) < 4.78 is 57.7. The second-order valence-electron chi connectivity index (χ2n) is 4.38. The molecule has 0 unspecified atom stereocenters. The van der Waals surface area contributed by atoms with Crippen LogP contribution in [0.3, 0.4) is 0 Å². The van der Waals surface area contributed by atoms with Gasteiger partial charge in [-0.3, -0.25) is 0 Å². The molecule has 0 heterocycles. The Labute approximate surface area is 115 Å². The van der Waals surface area contributed by atoms with E-state index in [1.165, 1.54) is 18.2 Å². The van der Waals surface area contributed by atoms with Gasteiger partial charge in [0.25, 0.3) is 11.8 Å². The second-order valence-corrected chi connectivity index (χ2v) is 5.30. The van der Waals surface area contributed by atoms with Crippen molar-refractivity contribution in [1.82, 2.24) is 0 Å². The molecule has 0 bridgehead atoms. The van der Waals surface area contributed by atoms with Crippen molar-refractivity contribution in [2.75, 3.05) is 0 Å². The van der Waals surface area contributed by atoms with Gasteiger partial charge in [0.2, 0.25) is 0 Å². The van der Waals surface area contributed by atoms with E-state index in [1.807, 2.05) is 0 Å². The maximum Gasteiger partial charge on any atom is 0.299 e. The molecule has 0 aliphatic heterocycles. The Kier molecular flexibility index (Phi) is 2.55. The van der Waals surface area contributed by atoms with Crippen LogP contribution in [-0.2, 0) is 11.8 Å². The van der Waals surface area contributed by atoms with Crippen LogP contribution in [-0.4, -0.2) is 0 Å². The van der Waals surface area contributed by atoms with Crippen LogP contribution in [0.5, 0.6) is 0 Å². The van der Waals surface area contributed by atoms with Gasteiger partial charge in [-0.05, 0) is 12.1 Å². The molecular formula is C14H7BrF4. The van der Waals surface area contributed by atoms with Crippen LogP contribution in [0.25, 0.3) is 0 Å². The lowest BCUT2D eigenvalue weighted by Crippen LogP contribution is -2.33. The van der Waals surface area contributed by atoms with E-state index in [2.05, 4.69) is 15.9 Å². The van der Waals surface area contributed by atoms with Crippen LogP contribution in [0.2, 0.25) is 0 Å². The fraction of sp³-hybridized carbons (Fsp3) is 0.143. The van der Waals surface area contributed by atoms with Crippen molar-refractivity contribution in [3.05, 3.63) is 69.2 Å². The summed E-state index contributed by atoms with van der Waals surface area (Å²) in [4.78, 5) is 0. The maximum atomic E-state index is 14.4. The van der Waals surface area contributed by atoms with Crippen LogP contribution >= 0.6 is 15.9 Å². The van der Waals surface area contributed by atoms with Crippen molar-refractivity contribution in [2.45, 2.75) is 11.8 Å². The van der Waals surface area contributed by atoms with E-state index in [-0.39, 0.29) is 0 Å². The molecule has 19 heavy (non-hydrogen) atoms. The maximum absolute atomic E-state index is 14.4. The predicted octanol–water partition coefficient (Wildman–Crippen LogP) is 5.04. The van der Waals surface area contributed by atoms with Gasteiger partial charge in [-0.15, -0.1) is 0 Å². The van der Waals surface area contributed by atoms with E-state index < -0.39 is 34.1 Å². The minimum Gasteiger partial charge on any atom is -0.196 e. The average Bonchev–Trinajstić information content (AvgIpc) is 2.37. The summed E-state index contributed by atoms with van der Waals surface area (Å²) in [5.74, 6) is -6.83. The molecular weight excluding hydrogens is 324 g/mol. The molecule has 98 valence electrons. The highest BCUT2D eigenvalue weighted by molar-refractivity contribution is 9.10. The smallest absolute Gasteiger partial charge is 0.196 e. The van der Waals surface area contributed by atoms with Gasteiger partial charge in [0.1, 0.15) is 0 Å². The number of hydrogen-bond donors (Lipinski definition) is 0. The zero-order chi connectivity index (χ0) is 13.8. The van der Waals surface area contributed by atoms with Crippen molar-refractivity contribution >= 4 is 15.9 Å². The molecule has 0 amide bonds. The average molecular weight is 331 g/mol. The zero-order valence-corrected chi connectivity index (χ0v) is 11.0. The number of benzene rings is 2. The first-order chi connectivity index (χ1) is 8.85. The fourth-order valence-corrected chi connectivity index (χ4v) is 2.73. The van der Waals surface area contributed by atoms with Gasteiger partial charge in [0, 0.05) is 26.7 Å². The van der Waals surface area contributed by atoms with E-state index in [0.717, 1.165) is 24.3 Å². The SMILES string of the molecule is FC1(F)c2ccccc2C(F)(F)c2cc(Br)ccc21. The summed E-state index contributed by atoms with van der Waals surface area (Å²) >= 11 is 3.04. The Morgan fingerprint density at radius 2 is 1.16 bits per heavy atom. The standard InChI is InChI=1S/C14H7BrF4/c15-8-5-6-11-12(7-8)14(18,19)10-4-2-1-3-9(10)13(11,16)17/h1-7H. The van der Waals surface area contributed by atoms with Gasteiger partial charge in [-0.2, -0.15) is 17.6 Å². The van der Waals surface area contributed by atoms with Gasteiger partial charge >= 0.3 is 0 Å². The summed E-state index contributed by atoms with van der Waals surface area (Å²) in [6, 6.07) is 8.22. The van der Waals surface area contributed by atoms with Crippen molar-refractivity contribution in [3.8, 4) is 0 Å². The highest BCUT2D eigenvalue weighted by atomic mass is 79.9. The lowest BCUT2D eigenvalue weighted by Gasteiger charge is -2.33. The third kappa shape index (κ3) is 1.64. The lowest BCUT2D eigenvalue weighted by atomic mass is 9.80. The van der Waals surface area contributed by atoms with Crippen LogP contribution in [0.1, 0.15) is 22.3 Å². The summed E-state index contributed by atoms with van der Waals surface area (Å²) in [5, 5.41) is 0. The Hall–Kier alpha value is -1.36. The van der Waals surface area contributed by atoms with Gasteiger partial charge in [-0.25, -0.2) is 0 Å².